The average molecular weight is 549 g/mol. The third-order valence-electron chi connectivity index (χ3n) is 8.43. The van der Waals surface area contributed by atoms with E-state index in [0.717, 1.165) is 22.3 Å². The highest BCUT2D eigenvalue weighted by atomic mass is 14.6. The van der Waals surface area contributed by atoms with Crippen molar-refractivity contribution in [1.29, 1.82) is 0 Å². The van der Waals surface area contributed by atoms with E-state index in [9.17, 15) is 0 Å². The Morgan fingerprint density at radius 2 is 0.930 bits per heavy atom. The Labute approximate surface area is 251 Å². The van der Waals surface area contributed by atoms with Crippen LogP contribution in [0.5, 0.6) is 0 Å². The average Bonchev–Trinajstić information content (AvgIpc) is 3.07. The summed E-state index contributed by atoms with van der Waals surface area (Å²) in [7, 11) is 0. The third-order valence-corrected chi connectivity index (χ3v) is 8.43. The van der Waals surface area contributed by atoms with Crippen LogP contribution in [0.15, 0.2) is 152 Å². The highest BCUT2D eigenvalue weighted by Crippen LogP contribution is 2.44. The summed E-state index contributed by atoms with van der Waals surface area (Å²) in [6.07, 6.45) is 7.52. The first-order valence-electron chi connectivity index (χ1n) is 14.6. The Morgan fingerprint density at radius 3 is 1.56 bits per heavy atom. The monoisotopic (exact) mass is 548 g/mol. The number of aryl methyl sites for hydroxylation is 1. The number of nitrogens with zero attached hydrogens (tertiary/aromatic N) is 2. The molecule has 2 heterocycles. The predicted octanol–water partition coefficient (Wildman–Crippen LogP) is 10.9. The van der Waals surface area contributed by atoms with Crippen LogP contribution in [0.3, 0.4) is 0 Å². The zero-order valence-electron chi connectivity index (χ0n) is 23.8. The van der Waals surface area contributed by atoms with Crippen molar-refractivity contribution >= 4 is 32.3 Å². The molecule has 2 nitrogen and oxygen atoms in total. The Kier molecular flexibility index (Phi) is 6.05. The molecule has 0 spiro atoms. The molecule has 0 N–H and O–H groups in total. The van der Waals surface area contributed by atoms with E-state index in [0.29, 0.717) is 0 Å². The normalized spacial score (nSPS) is 11.4. The molecule has 0 fully saturated rings. The number of hydrogen-bond acceptors (Lipinski definition) is 2. The molecule has 0 bridgehead atoms. The Balaban J connectivity index is 1.33. The van der Waals surface area contributed by atoms with E-state index in [1.165, 1.54) is 60.1 Å². The maximum absolute atomic E-state index is 4.56. The Hall–Kier alpha value is -5.60. The zero-order valence-corrected chi connectivity index (χ0v) is 23.8. The Bertz CT molecular complexity index is 2240. The molecule has 202 valence electrons. The van der Waals surface area contributed by atoms with Crippen LogP contribution in [0.1, 0.15) is 5.56 Å². The number of fused-ring (bicyclic) bond motifs is 3. The number of hydrogen-bond donors (Lipinski definition) is 0. The molecule has 6 aromatic carbocycles. The first-order chi connectivity index (χ1) is 21.2. The maximum atomic E-state index is 4.56. The minimum absolute atomic E-state index is 1.06. The molecule has 8 rings (SSSR count). The van der Waals surface area contributed by atoms with Crippen LogP contribution in [-0.4, -0.2) is 9.97 Å². The van der Waals surface area contributed by atoms with Crippen LogP contribution in [0.4, 0.5) is 0 Å². The van der Waals surface area contributed by atoms with Crippen molar-refractivity contribution in [3.05, 3.63) is 158 Å². The first kappa shape index (κ1) is 25.1. The van der Waals surface area contributed by atoms with Crippen molar-refractivity contribution < 1.29 is 0 Å². The topological polar surface area (TPSA) is 25.8 Å². The van der Waals surface area contributed by atoms with Crippen molar-refractivity contribution in [1.82, 2.24) is 9.97 Å². The molecular weight excluding hydrogens is 520 g/mol. The molecule has 0 aliphatic rings. The fraction of sp³-hybridized carbons (Fsp3) is 0.0244. The molecule has 8 aromatic rings. The molecule has 0 amide bonds. The molecule has 0 atom stereocenters. The van der Waals surface area contributed by atoms with Gasteiger partial charge in [-0.3, -0.25) is 9.97 Å². The van der Waals surface area contributed by atoms with Crippen LogP contribution in [0.25, 0.3) is 76.8 Å². The lowest BCUT2D eigenvalue weighted by Gasteiger charge is -2.18. The van der Waals surface area contributed by atoms with Gasteiger partial charge in [-0.15, -0.1) is 0 Å². The van der Waals surface area contributed by atoms with Crippen molar-refractivity contribution in [3.8, 4) is 44.5 Å². The summed E-state index contributed by atoms with van der Waals surface area (Å²) >= 11 is 0. The number of rotatable bonds is 4. The van der Waals surface area contributed by atoms with Gasteiger partial charge in [-0.05, 0) is 91.3 Å². The quantitative estimate of drug-likeness (QED) is 0.204. The van der Waals surface area contributed by atoms with E-state index in [2.05, 4.69) is 138 Å². The fourth-order valence-electron chi connectivity index (χ4n) is 6.42. The van der Waals surface area contributed by atoms with Crippen molar-refractivity contribution in [2.75, 3.05) is 0 Å². The smallest absolute Gasteiger partial charge is 0.0347 e. The highest BCUT2D eigenvalue weighted by Gasteiger charge is 2.17. The van der Waals surface area contributed by atoms with E-state index in [4.69, 9.17) is 0 Å². The maximum Gasteiger partial charge on any atom is 0.0347 e. The van der Waals surface area contributed by atoms with Gasteiger partial charge in [0.25, 0.3) is 0 Å². The lowest BCUT2D eigenvalue weighted by atomic mass is 9.85. The molecule has 0 radical (unpaired) electrons. The van der Waals surface area contributed by atoms with Gasteiger partial charge in [0.15, 0.2) is 0 Å². The molecule has 0 saturated heterocycles. The van der Waals surface area contributed by atoms with E-state index in [1.54, 1.807) is 6.20 Å². The second kappa shape index (κ2) is 10.3. The largest absolute Gasteiger partial charge is 0.264 e. The van der Waals surface area contributed by atoms with Crippen LogP contribution in [0.2, 0.25) is 0 Å². The molecule has 0 aliphatic heterocycles. The van der Waals surface area contributed by atoms with Gasteiger partial charge in [-0.2, -0.15) is 0 Å². The number of pyridine rings is 2. The minimum atomic E-state index is 1.06. The molecule has 0 saturated carbocycles. The fourth-order valence-corrected chi connectivity index (χ4v) is 6.42. The van der Waals surface area contributed by atoms with E-state index >= 15 is 0 Å². The predicted molar refractivity (Wildman–Crippen MR) is 181 cm³/mol. The molecule has 0 aliphatic carbocycles. The summed E-state index contributed by atoms with van der Waals surface area (Å²) < 4.78 is 0. The number of benzene rings is 6. The van der Waals surface area contributed by atoms with E-state index < -0.39 is 0 Å². The lowest BCUT2D eigenvalue weighted by Crippen LogP contribution is -1.91. The van der Waals surface area contributed by atoms with Crippen LogP contribution >= 0.6 is 0 Å². The zero-order chi connectivity index (χ0) is 28.8. The van der Waals surface area contributed by atoms with Crippen molar-refractivity contribution in [2.24, 2.45) is 0 Å². The van der Waals surface area contributed by atoms with Gasteiger partial charge in [-0.1, -0.05) is 109 Å². The van der Waals surface area contributed by atoms with Gasteiger partial charge in [0.1, 0.15) is 0 Å². The summed E-state index contributed by atoms with van der Waals surface area (Å²) in [6.45, 7) is 2.16. The molecule has 2 aromatic heterocycles. The minimum Gasteiger partial charge on any atom is -0.264 e. The second-order valence-corrected chi connectivity index (χ2v) is 11.2. The van der Waals surface area contributed by atoms with Gasteiger partial charge in [-0.25, -0.2) is 0 Å². The van der Waals surface area contributed by atoms with Crippen molar-refractivity contribution in [3.63, 3.8) is 0 Å². The van der Waals surface area contributed by atoms with Gasteiger partial charge in [0.05, 0.1) is 0 Å². The first-order valence-corrected chi connectivity index (χ1v) is 14.6. The summed E-state index contributed by atoms with van der Waals surface area (Å²) in [5, 5.41) is 7.50. The van der Waals surface area contributed by atoms with Crippen LogP contribution < -0.4 is 0 Å². The lowest BCUT2D eigenvalue weighted by molar-refractivity contribution is 1.30. The standard InChI is InChI=1S/C41H28N2/c1-27-8-6-9-30(20-27)40-36-11-2-4-13-38(36)41(39-14-5-3-12-37(39)40)31-18-16-28-15-17-29(21-33(28)22-31)34-23-35(26-43-25-34)32-10-7-19-42-24-32/h2-26H,1H3. The van der Waals surface area contributed by atoms with Crippen LogP contribution in [0, 0.1) is 6.92 Å². The van der Waals surface area contributed by atoms with Gasteiger partial charge >= 0.3 is 0 Å². The van der Waals surface area contributed by atoms with Gasteiger partial charge in [0, 0.05) is 41.5 Å². The molecular formula is C41H28N2. The Morgan fingerprint density at radius 1 is 0.372 bits per heavy atom. The van der Waals surface area contributed by atoms with Gasteiger partial charge < -0.3 is 0 Å². The summed E-state index contributed by atoms with van der Waals surface area (Å²) in [4.78, 5) is 8.85. The molecule has 0 unspecified atom stereocenters. The van der Waals surface area contributed by atoms with Crippen molar-refractivity contribution in [2.45, 2.75) is 6.92 Å². The van der Waals surface area contributed by atoms with Gasteiger partial charge in [0.2, 0.25) is 0 Å². The highest BCUT2D eigenvalue weighted by molar-refractivity contribution is 6.21. The van der Waals surface area contributed by atoms with E-state index in [1.807, 2.05) is 24.7 Å². The molecule has 43 heavy (non-hydrogen) atoms. The SMILES string of the molecule is Cc1cccc(-c2c3ccccc3c(-c3ccc4ccc(-c5cncc(-c6cccnc6)c5)cc4c3)c3ccccc23)c1. The van der Waals surface area contributed by atoms with E-state index in [-0.39, 0.29) is 0 Å². The van der Waals surface area contributed by atoms with Crippen LogP contribution in [-0.2, 0) is 0 Å². The molecule has 2 heteroatoms. The number of aromatic nitrogens is 2. The third kappa shape index (κ3) is 4.45. The second-order valence-electron chi connectivity index (χ2n) is 11.2. The summed E-state index contributed by atoms with van der Waals surface area (Å²) in [5.41, 5.74) is 10.7. The summed E-state index contributed by atoms with van der Waals surface area (Å²) in [6, 6.07) is 46.3. The summed E-state index contributed by atoms with van der Waals surface area (Å²) in [5.74, 6) is 0.